The van der Waals surface area contributed by atoms with Crippen LogP contribution in [-0.4, -0.2) is 42.1 Å². The van der Waals surface area contributed by atoms with E-state index in [0.717, 1.165) is 24.1 Å². The van der Waals surface area contributed by atoms with Gasteiger partial charge in [-0.3, -0.25) is 19.4 Å². The summed E-state index contributed by atoms with van der Waals surface area (Å²) in [6.45, 7) is 0.651. The number of hydrogen-bond donors (Lipinski definition) is 0. The first kappa shape index (κ1) is 21.1. The predicted octanol–water partition coefficient (Wildman–Crippen LogP) is 4.70. The molecule has 0 aliphatic carbocycles. The van der Waals surface area contributed by atoms with Gasteiger partial charge < -0.3 is 9.64 Å². The number of aromatic nitrogens is 5. The van der Waals surface area contributed by atoms with Gasteiger partial charge in [0.2, 0.25) is 5.88 Å². The maximum absolute atomic E-state index is 13.3. The number of halogens is 1. The second-order valence-corrected chi connectivity index (χ2v) is 8.27. The molecule has 4 aromatic rings. The summed E-state index contributed by atoms with van der Waals surface area (Å²) in [5.41, 5.74) is 2.92. The Morgan fingerprint density at radius 2 is 1.94 bits per heavy atom. The minimum atomic E-state index is -0.170. The Labute approximate surface area is 195 Å². The van der Waals surface area contributed by atoms with Gasteiger partial charge in [0, 0.05) is 36.6 Å². The fourth-order valence-electron chi connectivity index (χ4n) is 3.92. The molecule has 0 radical (unpaired) electrons. The van der Waals surface area contributed by atoms with Gasteiger partial charge in [-0.15, -0.1) is 0 Å². The summed E-state index contributed by atoms with van der Waals surface area (Å²) in [6.07, 6.45) is 10.2. The minimum Gasteiger partial charge on any atom is -0.437 e. The highest BCUT2D eigenvalue weighted by molar-refractivity contribution is 6.30. The summed E-state index contributed by atoms with van der Waals surface area (Å²) in [5, 5.41) is 4.80. The molecule has 9 heteroatoms. The van der Waals surface area contributed by atoms with Crippen LogP contribution >= 0.6 is 11.6 Å². The van der Waals surface area contributed by atoms with E-state index >= 15 is 0 Å². The van der Waals surface area contributed by atoms with E-state index in [-0.39, 0.29) is 11.9 Å². The number of likely N-dealkylation sites (tertiary alicyclic amines) is 1. The molecule has 1 unspecified atom stereocenters. The summed E-state index contributed by atoms with van der Waals surface area (Å²) in [6, 6.07) is 10.5. The molecule has 0 bridgehead atoms. The minimum absolute atomic E-state index is 0.0754. The quantitative estimate of drug-likeness (QED) is 0.429. The zero-order valence-corrected chi connectivity index (χ0v) is 18.7. The number of nitrogens with zero attached hydrogens (tertiary/aromatic N) is 6. The molecule has 166 valence electrons. The average molecular weight is 461 g/mol. The molecular formula is C24H21ClN6O2. The SMILES string of the molecule is Cn1cc(-c2ccc(C(=O)N3CCCC3c3cncc(Oc4ccc(Cl)cc4)n3)cn2)cn1. The number of hydrogen-bond acceptors (Lipinski definition) is 6. The van der Waals surface area contributed by atoms with Crippen molar-refractivity contribution in [3.8, 4) is 22.9 Å². The summed E-state index contributed by atoms with van der Waals surface area (Å²) in [4.78, 5) is 28.5. The Morgan fingerprint density at radius 3 is 2.67 bits per heavy atom. The molecule has 1 aromatic carbocycles. The van der Waals surface area contributed by atoms with E-state index in [9.17, 15) is 4.79 Å². The maximum atomic E-state index is 13.3. The van der Waals surface area contributed by atoms with Crippen molar-refractivity contribution < 1.29 is 9.53 Å². The molecule has 0 saturated carbocycles. The van der Waals surface area contributed by atoms with Crippen molar-refractivity contribution in [3.05, 3.63) is 83.7 Å². The van der Waals surface area contributed by atoms with Crippen LogP contribution in [0.15, 0.2) is 67.4 Å². The molecule has 4 heterocycles. The molecule has 1 aliphatic heterocycles. The Hall–Kier alpha value is -3.78. The maximum Gasteiger partial charge on any atom is 0.255 e. The summed E-state index contributed by atoms with van der Waals surface area (Å²) in [5.74, 6) is 0.912. The molecule has 1 atom stereocenters. The summed E-state index contributed by atoms with van der Waals surface area (Å²) in [7, 11) is 1.85. The van der Waals surface area contributed by atoms with E-state index in [4.69, 9.17) is 16.3 Å². The first-order valence-corrected chi connectivity index (χ1v) is 11.0. The average Bonchev–Trinajstić information content (AvgIpc) is 3.50. The third kappa shape index (κ3) is 4.56. The second-order valence-electron chi connectivity index (χ2n) is 7.83. The van der Waals surface area contributed by atoms with Gasteiger partial charge >= 0.3 is 0 Å². The normalized spacial score (nSPS) is 15.6. The van der Waals surface area contributed by atoms with Crippen LogP contribution in [0.3, 0.4) is 0 Å². The van der Waals surface area contributed by atoms with Crippen molar-refractivity contribution in [2.45, 2.75) is 18.9 Å². The number of pyridine rings is 1. The van der Waals surface area contributed by atoms with Crippen molar-refractivity contribution in [1.82, 2.24) is 29.6 Å². The van der Waals surface area contributed by atoms with E-state index in [2.05, 4.69) is 20.1 Å². The van der Waals surface area contributed by atoms with Gasteiger partial charge in [0.1, 0.15) is 5.75 Å². The van der Waals surface area contributed by atoms with Gasteiger partial charge in [0.25, 0.3) is 5.91 Å². The van der Waals surface area contributed by atoms with Crippen LogP contribution < -0.4 is 4.74 Å². The van der Waals surface area contributed by atoms with E-state index < -0.39 is 0 Å². The van der Waals surface area contributed by atoms with E-state index in [1.165, 1.54) is 0 Å². The van der Waals surface area contributed by atoms with Crippen LogP contribution in [-0.2, 0) is 7.05 Å². The number of aryl methyl sites for hydroxylation is 1. The van der Waals surface area contributed by atoms with E-state index in [0.29, 0.717) is 34.5 Å². The molecule has 0 spiro atoms. The first-order valence-electron chi connectivity index (χ1n) is 10.6. The summed E-state index contributed by atoms with van der Waals surface area (Å²) < 4.78 is 7.54. The number of benzene rings is 1. The van der Waals surface area contributed by atoms with Crippen molar-refractivity contribution in [2.75, 3.05) is 6.54 Å². The lowest BCUT2D eigenvalue weighted by atomic mass is 10.1. The Kier molecular flexibility index (Phi) is 5.75. The molecule has 5 rings (SSSR count). The molecule has 3 aromatic heterocycles. The Balaban J connectivity index is 1.33. The van der Waals surface area contributed by atoms with E-state index in [1.54, 1.807) is 59.8 Å². The van der Waals surface area contributed by atoms with Gasteiger partial charge in [-0.05, 0) is 49.2 Å². The monoisotopic (exact) mass is 460 g/mol. The van der Waals surface area contributed by atoms with Gasteiger partial charge in [-0.2, -0.15) is 5.10 Å². The number of amides is 1. The zero-order valence-electron chi connectivity index (χ0n) is 17.9. The smallest absolute Gasteiger partial charge is 0.255 e. The third-order valence-electron chi connectivity index (χ3n) is 5.53. The van der Waals surface area contributed by atoms with Crippen molar-refractivity contribution in [2.24, 2.45) is 7.05 Å². The van der Waals surface area contributed by atoms with Crippen LogP contribution in [0.5, 0.6) is 11.6 Å². The molecule has 0 N–H and O–H groups in total. The van der Waals surface area contributed by atoms with Gasteiger partial charge in [-0.1, -0.05) is 11.6 Å². The molecule has 1 saturated heterocycles. The fourth-order valence-corrected chi connectivity index (χ4v) is 4.05. The first-order chi connectivity index (χ1) is 16.1. The van der Waals surface area contributed by atoms with Crippen molar-refractivity contribution >= 4 is 17.5 Å². The molecule has 1 fully saturated rings. The number of carbonyl (C=O) groups is 1. The lowest BCUT2D eigenvalue weighted by Crippen LogP contribution is -2.31. The fraction of sp³-hybridized carbons (Fsp3) is 0.208. The van der Waals surface area contributed by atoms with Crippen LogP contribution in [0.4, 0.5) is 0 Å². The van der Waals surface area contributed by atoms with Crippen molar-refractivity contribution in [3.63, 3.8) is 0 Å². The van der Waals surface area contributed by atoms with Gasteiger partial charge in [0.05, 0.1) is 41.6 Å². The van der Waals surface area contributed by atoms with E-state index in [1.807, 2.05) is 24.2 Å². The Bertz CT molecular complexity index is 1270. The van der Waals surface area contributed by atoms with Crippen LogP contribution in [0.1, 0.15) is 34.9 Å². The van der Waals surface area contributed by atoms with Gasteiger partial charge in [0.15, 0.2) is 0 Å². The zero-order chi connectivity index (χ0) is 22.8. The predicted molar refractivity (Wildman–Crippen MR) is 123 cm³/mol. The molecular weight excluding hydrogens is 440 g/mol. The topological polar surface area (TPSA) is 86.0 Å². The summed E-state index contributed by atoms with van der Waals surface area (Å²) >= 11 is 5.93. The molecule has 33 heavy (non-hydrogen) atoms. The molecule has 8 nitrogen and oxygen atoms in total. The van der Waals surface area contributed by atoms with Crippen LogP contribution in [0.25, 0.3) is 11.3 Å². The highest BCUT2D eigenvalue weighted by Gasteiger charge is 2.32. The highest BCUT2D eigenvalue weighted by atomic mass is 35.5. The third-order valence-corrected chi connectivity index (χ3v) is 5.79. The Morgan fingerprint density at radius 1 is 1.09 bits per heavy atom. The van der Waals surface area contributed by atoms with Crippen LogP contribution in [0.2, 0.25) is 5.02 Å². The lowest BCUT2D eigenvalue weighted by Gasteiger charge is -2.24. The van der Waals surface area contributed by atoms with Gasteiger partial charge in [-0.25, -0.2) is 4.98 Å². The van der Waals surface area contributed by atoms with Crippen LogP contribution in [0, 0.1) is 0 Å². The molecule has 1 amide bonds. The number of carbonyl (C=O) groups excluding carboxylic acids is 1. The lowest BCUT2D eigenvalue weighted by molar-refractivity contribution is 0.0732. The highest BCUT2D eigenvalue weighted by Crippen LogP contribution is 2.33. The number of ether oxygens (including phenoxy) is 1. The largest absolute Gasteiger partial charge is 0.437 e. The molecule has 1 aliphatic rings. The number of rotatable bonds is 5. The standard InChI is InChI=1S/C24H21ClN6O2/c1-30-15-17(12-28-30)20-9-4-16(11-27-20)24(32)31-10-2-3-22(31)21-13-26-14-23(29-21)33-19-7-5-18(25)6-8-19/h4-9,11-15,22H,2-3,10H2,1H3. The van der Waals surface area contributed by atoms with Crippen molar-refractivity contribution in [1.29, 1.82) is 0 Å². The second kappa shape index (κ2) is 8.99.